The Balaban J connectivity index is 1.49. The lowest BCUT2D eigenvalue weighted by molar-refractivity contribution is 0.102. The number of ether oxygens (including phenoxy) is 3. The summed E-state index contributed by atoms with van der Waals surface area (Å²) in [6, 6.07) is 13.9. The summed E-state index contributed by atoms with van der Waals surface area (Å²) in [4.78, 5) is 21.4. The monoisotopic (exact) mass is 481 g/mol. The summed E-state index contributed by atoms with van der Waals surface area (Å²) >= 11 is 1.54. The van der Waals surface area contributed by atoms with Crippen LogP contribution in [0.25, 0.3) is 0 Å². The fourth-order valence-corrected chi connectivity index (χ4v) is 5.01. The average molecular weight is 482 g/mol. The summed E-state index contributed by atoms with van der Waals surface area (Å²) in [6.45, 7) is 9.76. The number of carbonyl (C=O) groups is 1. The van der Waals surface area contributed by atoms with Crippen LogP contribution in [0.5, 0.6) is 17.2 Å². The number of amides is 1. The van der Waals surface area contributed by atoms with Gasteiger partial charge >= 0.3 is 0 Å². The highest BCUT2D eigenvalue weighted by Gasteiger charge is 2.23. The smallest absolute Gasteiger partial charge is 0.257 e. The summed E-state index contributed by atoms with van der Waals surface area (Å²) in [5.41, 5.74) is 2.81. The second-order valence-corrected chi connectivity index (χ2v) is 8.97. The molecular weight excluding hydrogens is 450 g/mol. The van der Waals surface area contributed by atoms with E-state index in [2.05, 4.69) is 34.5 Å². The molecule has 0 atom stereocenters. The minimum Gasteiger partial charge on any atom is -0.490 e. The number of thiazole rings is 1. The number of nitrogens with zero attached hydrogens (tertiary/aromatic N) is 2. The summed E-state index contributed by atoms with van der Waals surface area (Å²) in [5.74, 6) is 1.26. The van der Waals surface area contributed by atoms with E-state index < -0.39 is 0 Å². The highest BCUT2D eigenvalue weighted by atomic mass is 32.1. The van der Waals surface area contributed by atoms with Gasteiger partial charge in [0.05, 0.1) is 25.5 Å². The number of aromatic nitrogens is 1. The number of rotatable bonds is 10. The van der Waals surface area contributed by atoms with Gasteiger partial charge in [-0.15, -0.1) is 11.3 Å². The number of hydrogen-bond acceptors (Lipinski definition) is 7. The number of anilines is 1. The molecule has 0 unspecified atom stereocenters. The second-order valence-electron chi connectivity index (χ2n) is 7.89. The molecule has 0 spiro atoms. The van der Waals surface area contributed by atoms with Gasteiger partial charge in [0.25, 0.3) is 5.91 Å². The molecule has 0 bridgehead atoms. The normalized spacial score (nSPS) is 13.3. The van der Waals surface area contributed by atoms with Crippen LogP contribution < -0.4 is 19.5 Å². The molecule has 180 valence electrons. The van der Waals surface area contributed by atoms with Gasteiger partial charge in [-0.1, -0.05) is 30.3 Å². The third-order valence-electron chi connectivity index (χ3n) is 5.45. The zero-order valence-corrected chi connectivity index (χ0v) is 20.7. The maximum absolute atomic E-state index is 13.1. The van der Waals surface area contributed by atoms with Gasteiger partial charge in [0.2, 0.25) is 5.75 Å². The zero-order chi connectivity index (χ0) is 23.9. The lowest BCUT2D eigenvalue weighted by Gasteiger charge is -2.25. The molecule has 1 aliphatic heterocycles. The third kappa shape index (κ3) is 5.69. The van der Waals surface area contributed by atoms with Crippen LogP contribution in [0.15, 0.2) is 42.5 Å². The molecule has 4 rings (SSSR count). The molecule has 0 aliphatic carbocycles. The zero-order valence-electron chi connectivity index (χ0n) is 19.9. The maximum Gasteiger partial charge on any atom is 0.257 e. The van der Waals surface area contributed by atoms with Crippen LogP contribution in [0.4, 0.5) is 5.13 Å². The average Bonchev–Trinajstić information content (AvgIpc) is 3.23. The van der Waals surface area contributed by atoms with Crippen molar-refractivity contribution in [3.05, 3.63) is 64.2 Å². The van der Waals surface area contributed by atoms with Crippen molar-refractivity contribution in [3.8, 4) is 17.2 Å². The van der Waals surface area contributed by atoms with E-state index in [4.69, 9.17) is 19.2 Å². The van der Waals surface area contributed by atoms with E-state index >= 15 is 0 Å². The Labute approximate surface area is 204 Å². The van der Waals surface area contributed by atoms with Crippen molar-refractivity contribution in [3.63, 3.8) is 0 Å². The lowest BCUT2D eigenvalue weighted by atomic mass is 10.1. The number of carbonyl (C=O) groups excluding carboxylic acids is 1. The standard InChI is InChI=1S/C26H31N3O4S/c1-4-31-21-14-19(15-22(32-5-2)24(21)33-6-3)25(30)28-26-27-20-12-13-29(17-23(20)34-26)16-18-10-8-7-9-11-18/h7-11,14-15H,4-6,12-13,16-17H2,1-3H3,(H,27,28,30). The fraction of sp³-hybridized carbons (Fsp3) is 0.385. The van der Waals surface area contributed by atoms with E-state index in [1.807, 2.05) is 26.8 Å². The van der Waals surface area contributed by atoms with Crippen molar-refractivity contribution >= 4 is 22.4 Å². The summed E-state index contributed by atoms with van der Waals surface area (Å²) < 4.78 is 17.2. The first kappa shape index (κ1) is 24.0. The molecule has 1 aliphatic rings. The van der Waals surface area contributed by atoms with Gasteiger partial charge in [-0.2, -0.15) is 0 Å². The predicted molar refractivity (Wildman–Crippen MR) is 134 cm³/mol. The predicted octanol–water partition coefficient (Wildman–Crippen LogP) is 5.15. The Morgan fingerprint density at radius 1 is 1.03 bits per heavy atom. The quantitative estimate of drug-likeness (QED) is 0.432. The molecular formula is C26H31N3O4S. The van der Waals surface area contributed by atoms with Gasteiger partial charge in [0.15, 0.2) is 16.6 Å². The molecule has 1 N–H and O–H groups in total. The molecule has 7 nitrogen and oxygen atoms in total. The van der Waals surface area contributed by atoms with Crippen LogP contribution in [0, 0.1) is 0 Å². The van der Waals surface area contributed by atoms with E-state index in [-0.39, 0.29) is 5.91 Å². The van der Waals surface area contributed by atoms with Crippen molar-refractivity contribution in [1.29, 1.82) is 0 Å². The molecule has 1 amide bonds. The van der Waals surface area contributed by atoms with E-state index in [1.54, 1.807) is 23.5 Å². The Bertz CT molecular complexity index is 1090. The Kier molecular flexibility index (Phi) is 8.03. The number of nitrogens with one attached hydrogen (secondary N) is 1. The summed E-state index contributed by atoms with van der Waals surface area (Å²) in [6.07, 6.45) is 0.876. The van der Waals surface area contributed by atoms with Crippen LogP contribution in [0.1, 0.15) is 47.3 Å². The first-order chi connectivity index (χ1) is 16.6. The third-order valence-corrected chi connectivity index (χ3v) is 6.45. The van der Waals surface area contributed by atoms with Gasteiger partial charge in [0, 0.05) is 36.5 Å². The van der Waals surface area contributed by atoms with Crippen molar-refractivity contribution in [1.82, 2.24) is 9.88 Å². The minimum atomic E-state index is -0.253. The fourth-order valence-electron chi connectivity index (χ4n) is 3.97. The molecule has 2 heterocycles. The minimum absolute atomic E-state index is 0.253. The van der Waals surface area contributed by atoms with Gasteiger partial charge in [-0.3, -0.25) is 15.0 Å². The lowest BCUT2D eigenvalue weighted by Crippen LogP contribution is -2.29. The van der Waals surface area contributed by atoms with Crippen LogP contribution >= 0.6 is 11.3 Å². The number of benzene rings is 2. The van der Waals surface area contributed by atoms with Crippen molar-refractivity contribution in [2.75, 3.05) is 31.7 Å². The molecule has 0 radical (unpaired) electrons. The molecule has 1 aromatic heterocycles. The Morgan fingerprint density at radius 3 is 2.35 bits per heavy atom. The van der Waals surface area contributed by atoms with Crippen molar-refractivity contribution in [2.45, 2.75) is 40.3 Å². The molecule has 34 heavy (non-hydrogen) atoms. The van der Waals surface area contributed by atoms with Gasteiger partial charge in [-0.05, 0) is 38.5 Å². The first-order valence-electron chi connectivity index (χ1n) is 11.7. The topological polar surface area (TPSA) is 72.9 Å². The molecule has 0 saturated heterocycles. The van der Waals surface area contributed by atoms with Gasteiger partial charge in [0.1, 0.15) is 0 Å². The summed E-state index contributed by atoms with van der Waals surface area (Å²) in [5, 5.41) is 3.58. The Hall–Kier alpha value is -3.10. The maximum atomic E-state index is 13.1. The van der Waals surface area contributed by atoms with E-state index in [0.29, 0.717) is 47.8 Å². The Morgan fingerprint density at radius 2 is 1.71 bits per heavy atom. The van der Waals surface area contributed by atoms with Crippen LogP contribution in [-0.4, -0.2) is 42.2 Å². The van der Waals surface area contributed by atoms with Crippen LogP contribution in [-0.2, 0) is 19.5 Å². The largest absolute Gasteiger partial charge is 0.490 e. The van der Waals surface area contributed by atoms with Crippen LogP contribution in [0.2, 0.25) is 0 Å². The molecule has 2 aromatic carbocycles. The molecule has 0 fully saturated rings. The molecule has 3 aromatic rings. The van der Waals surface area contributed by atoms with Crippen molar-refractivity contribution < 1.29 is 19.0 Å². The summed E-state index contributed by atoms with van der Waals surface area (Å²) in [7, 11) is 0. The molecule has 0 saturated carbocycles. The van der Waals surface area contributed by atoms with E-state index in [0.717, 1.165) is 31.7 Å². The van der Waals surface area contributed by atoms with Gasteiger partial charge < -0.3 is 14.2 Å². The van der Waals surface area contributed by atoms with Crippen LogP contribution in [0.3, 0.4) is 0 Å². The number of hydrogen-bond donors (Lipinski definition) is 1. The first-order valence-corrected chi connectivity index (χ1v) is 12.6. The second kappa shape index (κ2) is 11.4. The SMILES string of the molecule is CCOc1cc(C(=O)Nc2nc3c(s2)CN(Cc2ccccc2)CC3)cc(OCC)c1OCC. The van der Waals surface area contributed by atoms with E-state index in [1.165, 1.54) is 10.4 Å². The van der Waals surface area contributed by atoms with Gasteiger partial charge in [-0.25, -0.2) is 4.98 Å². The highest BCUT2D eigenvalue weighted by molar-refractivity contribution is 7.15. The highest BCUT2D eigenvalue weighted by Crippen LogP contribution is 2.39. The van der Waals surface area contributed by atoms with E-state index in [9.17, 15) is 4.79 Å². The molecule has 8 heteroatoms. The van der Waals surface area contributed by atoms with Crippen molar-refractivity contribution in [2.24, 2.45) is 0 Å². The number of fused-ring (bicyclic) bond motifs is 1.